The number of nitrogens with zero attached hydrogens (tertiary/aromatic N) is 2. The molecule has 3 aromatic rings. The highest BCUT2D eigenvalue weighted by Gasteiger charge is 2.14. The van der Waals surface area contributed by atoms with Crippen molar-refractivity contribution >= 4 is 17.0 Å². The topological polar surface area (TPSA) is 87.8 Å². The SMILES string of the molecule is O=C(NO)c1ccc2oc(-c3cccc(CN4CCOCC4)c3)nc2c1. The Labute approximate surface area is 150 Å². The van der Waals surface area contributed by atoms with Gasteiger partial charge in [-0.1, -0.05) is 12.1 Å². The average Bonchev–Trinajstić information content (AvgIpc) is 3.12. The lowest BCUT2D eigenvalue weighted by molar-refractivity contribution is 0.0342. The number of hydrogen-bond acceptors (Lipinski definition) is 6. The fraction of sp³-hybridized carbons (Fsp3) is 0.263. The molecular formula is C19H19N3O4. The third-order valence-corrected chi connectivity index (χ3v) is 4.44. The van der Waals surface area contributed by atoms with Gasteiger partial charge >= 0.3 is 0 Å². The van der Waals surface area contributed by atoms with Crippen molar-refractivity contribution in [2.75, 3.05) is 26.3 Å². The van der Waals surface area contributed by atoms with Crippen molar-refractivity contribution in [3.05, 3.63) is 53.6 Å². The van der Waals surface area contributed by atoms with Gasteiger partial charge in [0, 0.05) is 30.8 Å². The van der Waals surface area contributed by atoms with E-state index < -0.39 is 5.91 Å². The molecule has 0 spiro atoms. The van der Waals surface area contributed by atoms with Crippen LogP contribution in [0.25, 0.3) is 22.6 Å². The number of morpholine rings is 1. The summed E-state index contributed by atoms with van der Waals surface area (Å²) >= 11 is 0. The molecule has 0 aliphatic carbocycles. The molecule has 4 rings (SSSR count). The molecule has 2 N–H and O–H groups in total. The van der Waals surface area contributed by atoms with E-state index in [1.807, 2.05) is 12.1 Å². The lowest BCUT2D eigenvalue weighted by Gasteiger charge is -2.26. The van der Waals surface area contributed by atoms with E-state index in [1.165, 1.54) is 5.56 Å². The predicted molar refractivity (Wildman–Crippen MR) is 94.8 cm³/mol. The Hall–Kier alpha value is -2.74. The van der Waals surface area contributed by atoms with E-state index in [9.17, 15) is 4.79 Å². The number of benzene rings is 2. The van der Waals surface area contributed by atoms with Gasteiger partial charge in [0.1, 0.15) is 5.52 Å². The second kappa shape index (κ2) is 7.25. The third-order valence-electron chi connectivity index (χ3n) is 4.44. The molecule has 1 aliphatic rings. The molecule has 0 bridgehead atoms. The van der Waals surface area contributed by atoms with Crippen LogP contribution in [0.4, 0.5) is 0 Å². The maximum Gasteiger partial charge on any atom is 0.274 e. The first kappa shape index (κ1) is 16.7. The number of carbonyl (C=O) groups excluding carboxylic acids is 1. The molecule has 134 valence electrons. The number of hydrogen-bond donors (Lipinski definition) is 2. The van der Waals surface area contributed by atoms with Gasteiger partial charge in [-0.25, -0.2) is 10.5 Å². The first-order valence-corrected chi connectivity index (χ1v) is 8.47. The van der Waals surface area contributed by atoms with Gasteiger partial charge in [-0.2, -0.15) is 0 Å². The summed E-state index contributed by atoms with van der Waals surface area (Å²) in [5, 5.41) is 8.75. The smallest absolute Gasteiger partial charge is 0.274 e. The van der Waals surface area contributed by atoms with Crippen LogP contribution >= 0.6 is 0 Å². The quantitative estimate of drug-likeness (QED) is 0.553. The van der Waals surface area contributed by atoms with Crippen LogP contribution in [-0.4, -0.2) is 47.3 Å². The van der Waals surface area contributed by atoms with Crippen molar-refractivity contribution in [3.63, 3.8) is 0 Å². The Bertz CT molecular complexity index is 931. The number of ether oxygens (including phenoxy) is 1. The number of nitrogens with one attached hydrogen (secondary N) is 1. The van der Waals surface area contributed by atoms with Crippen molar-refractivity contribution in [2.24, 2.45) is 0 Å². The van der Waals surface area contributed by atoms with E-state index in [2.05, 4.69) is 22.0 Å². The van der Waals surface area contributed by atoms with Gasteiger partial charge < -0.3 is 9.15 Å². The summed E-state index contributed by atoms with van der Waals surface area (Å²) in [5.41, 5.74) is 5.18. The van der Waals surface area contributed by atoms with E-state index >= 15 is 0 Å². The Morgan fingerprint density at radius 1 is 1.19 bits per heavy atom. The van der Waals surface area contributed by atoms with Crippen molar-refractivity contribution in [2.45, 2.75) is 6.54 Å². The molecule has 0 unspecified atom stereocenters. The summed E-state index contributed by atoms with van der Waals surface area (Å²) in [6.45, 7) is 4.27. The fourth-order valence-electron chi connectivity index (χ4n) is 3.08. The normalized spacial score (nSPS) is 15.3. The van der Waals surface area contributed by atoms with E-state index in [4.69, 9.17) is 14.4 Å². The summed E-state index contributed by atoms with van der Waals surface area (Å²) in [7, 11) is 0. The maximum atomic E-state index is 11.5. The summed E-state index contributed by atoms with van der Waals surface area (Å²) in [6, 6.07) is 12.9. The average molecular weight is 353 g/mol. The maximum absolute atomic E-state index is 11.5. The monoisotopic (exact) mass is 353 g/mol. The lowest BCUT2D eigenvalue weighted by Crippen LogP contribution is -2.35. The second-order valence-corrected chi connectivity index (χ2v) is 6.23. The molecule has 1 aliphatic heterocycles. The number of aromatic nitrogens is 1. The van der Waals surface area contributed by atoms with E-state index in [0.717, 1.165) is 38.4 Å². The summed E-state index contributed by atoms with van der Waals surface area (Å²) in [6.07, 6.45) is 0. The van der Waals surface area contributed by atoms with Crippen LogP contribution in [0, 0.1) is 0 Å². The highest BCUT2D eigenvalue weighted by Crippen LogP contribution is 2.26. The Balaban J connectivity index is 1.60. The minimum absolute atomic E-state index is 0.320. The highest BCUT2D eigenvalue weighted by molar-refractivity contribution is 5.96. The van der Waals surface area contributed by atoms with Gasteiger partial charge in [-0.3, -0.25) is 14.9 Å². The first-order valence-electron chi connectivity index (χ1n) is 8.47. The molecule has 26 heavy (non-hydrogen) atoms. The molecule has 0 radical (unpaired) electrons. The second-order valence-electron chi connectivity index (χ2n) is 6.23. The summed E-state index contributed by atoms with van der Waals surface area (Å²) in [5.74, 6) is -0.0747. The highest BCUT2D eigenvalue weighted by atomic mass is 16.5. The zero-order chi connectivity index (χ0) is 17.9. The Kier molecular flexibility index (Phi) is 4.66. The van der Waals surface area contributed by atoms with E-state index in [0.29, 0.717) is 22.6 Å². The first-order chi connectivity index (χ1) is 12.7. The van der Waals surface area contributed by atoms with Crippen LogP contribution in [0.2, 0.25) is 0 Å². The van der Waals surface area contributed by atoms with Gasteiger partial charge in [0.15, 0.2) is 5.58 Å². The zero-order valence-electron chi connectivity index (χ0n) is 14.1. The molecule has 2 heterocycles. The minimum Gasteiger partial charge on any atom is -0.436 e. The van der Waals surface area contributed by atoms with Crippen LogP contribution in [0.5, 0.6) is 0 Å². The number of oxazole rings is 1. The molecule has 1 amide bonds. The van der Waals surface area contributed by atoms with Gasteiger partial charge in [-0.05, 0) is 35.9 Å². The van der Waals surface area contributed by atoms with Gasteiger partial charge in [0.05, 0.1) is 13.2 Å². The summed E-state index contributed by atoms with van der Waals surface area (Å²) < 4.78 is 11.2. The number of hydroxylamine groups is 1. The van der Waals surface area contributed by atoms with Crippen LogP contribution < -0.4 is 5.48 Å². The van der Waals surface area contributed by atoms with Gasteiger partial charge in [-0.15, -0.1) is 0 Å². The van der Waals surface area contributed by atoms with E-state index in [1.54, 1.807) is 23.7 Å². The largest absolute Gasteiger partial charge is 0.436 e. The van der Waals surface area contributed by atoms with Crippen molar-refractivity contribution in [1.29, 1.82) is 0 Å². The number of carbonyl (C=O) groups is 1. The van der Waals surface area contributed by atoms with Crippen molar-refractivity contribution < 1.29 is 19.2 Å². The number of amides is 1. The molecule has 7 heteroatoms. The number of rotatable bonds is 4. The standard InChI is InChI=1S/C19H19N3O4/c23-18(21-24)14-4-5-17-16(11-14)20-19(26-17)15-3-1-2-13(10-15)12-22-6-8-25-9-7-22/h1-5,10-11,24H,6-9,12H2,(H,21,23). The summed E-state index contributed by atoms with van der Waals surface area (Å²) in [4.78, 5) is 18.4. The molecule has 0 atom stereocenters. The van der Waals surface area contributed by atoms with Gasteiger partial charge in [0.2, 0.25) is 5.89 Å². The molecular weight excluding hydrogens is 334 g/mol. The molecule has 7 nitrogen and oxygen atoms in total. The lowest BCUT2D eigenvalue weighted by atomic mass is 10.1. The molecule has 1 fully saturated rings. The Morgan fingerprint density at radius 3 is 2.85 bits per heavy atom. The molecule has 1 aromatic heterocycles. The van der Waals surface area contributed by atoms with E-state index in [-0.39, 0.29) is 0 Å². The van der Waals surface area contributed by atoms with Crippen LogP contribution in [0.15, 0.2) is 46.9 Å². The van der Waals surface area contributed by atoms with Gasteiger partial charge in [0.25, 0.3) is 5.91 Å². The van der Waals surface area contributed by atoms with Crippen LogP contribution in [0.1, 0.15) is 15.9 Å². The fourth-order valence-corrected chi connectivity index (χ4v) is 3.08. The molecule has 0 saturated carbocycles. The number of fused-ring (bicyclic) bond motifs is 1. The van der Waals surface area contributed by atoms with Crippen molar-refractivity contribution in [1.82, 2.24) is 15.4 Å². The predicted octanol–water partition coefficient (Wildman–Crippen LogP) is 2.45. The van der Waals surface area contributed by atoms with Crippen molar-refractivity contribution in [3.8, 4) is 11.5 Å². The third kappa shape index (κ3) is 3.45. The van der Waals surface area contributed by atoms with Crippen LogP contribution in [0.3, 0.4) is 0 Å². The minimum atomic E-state index is -0.580. The Morgan fingerprint density at radius 2 is 2.04 bits per heavy atom. The molecule has 2 aromatic carbocycles. The zero-order valence-corrected chi connectivity index (χ0v) is 14.1. The molecule has 1 saturated heterocycles. The van der Waals surface area contributed by atoms with Crippen LogP contribution in [-0.2, 0) is 11.3 Å².